The van der Waals surface area contributed by atoms with Gasteiger partial charge in [0.05, 0.1) is 5.39 Å². The molecule has 6 heteroatoms. The van der Waals surface area contributed by atoms with Crippen molar-refractivity contribution in [3.63, 3.8) is 0 Å². The number of nitrogens with zero attached hydrogens (tertiary/aromatic N) is 1. The van der Waals surface area contributed by atoms with E-state index in [0.29, 0.717) is 24.1 Å². The van der Waals surface area contributed by atoms with E-state index < -0.39 is 6.10 Å². The third-order valence-corrected chi connectivity index (χ3v) is 7.26. The molecule has 5 nitrogen and oxygen atoms in total. The van der Waals surface area contributed by atoms with Gasteiger partial charge in [-0.1, -0.05) is 32.6 Å². The quantitative estimate of drug-likeness (QED) is 0.755. The Balaban J connectivity index is 1.48. The summed E-state index contributed by atoms with van der Waals surface area (Å²) in [5, 5.41) is 0.741. The largest absolute Gasteiger partial charge is 0.454 e. The fourth-order valence-corrected chi connectivity index (χ4v) is 5.88. The molecule has 0 spiro atoms. The first kappa shape index (κ1) is 18.7. The number of aromatic nitrogens is 2. The molecule has 0 aromatic carbocycles. The first-order chi connectivity index (χ1) is 13.0. The number of fused-ring (bicyclic) bond motifs is 3. The molecule has 2 aromatic rings. The molecule has 1 fully saturated rings. The van der Waals surface area contributed by atoms with Crippen molar-refractivity contribution >= 4 is 27.5 Å². The fraction of sp³-hybridized carbons (Fsp3) is 0.667. The summed E-state index contributed by atoms with van der Waals surface area (Å²) >= 11 is 1.62. The zero-order valence-corrected chi connectivity index (χ0v) is 17.0. The highest BCUT2D eigenvalue weighted by molar-refractivity contribution is 7.18. The van der Waals surface area contributed by atoms with Crippen LogP contribution in [0.3, 0.4) is 0 Å². The Morgan fingerprint density at radius 1 is 1.33 bits per heavy atom. The molecule has 0 unspecified atom stereocenters. The summed E-state index contributed by atoms with van der Waals surface area (Å²) < 4.78 is 5.55. The van der Waals surface area contributed by atoms with Gasteiger partial charge in [0.25, 0.3) is 5.56 Å². The lowest BCUT2D eigenvalue weighted by atomic mass is 9.89. The highest BCUT2D eigenvalue weighted by atomic mass is 32.1. The smallest absolute Gasteiger partial charge is 0.306 e. The first-order valence-electron chi connectivity index (χ1n) is 10.2. The minimum absolute atomic E-state index is 0.101. The van der Waals surface area contributed by atoms with Crippen LogP contribution in [-0.2, 0) is 22.4 Å². The number of nitrogens with one attached hydrogen (secondary N) is 1. The van der Waals surface area contributed by atoms with Gasteiger partial charge in [-0.25, -0.2) is 4.98 Å². The van der Waals surface area contributed by atoms with Crippen molar-refractivity contribution in [3.05, 3.63) is 26.6 Å². The minimum Gasteiger partial charge on any atom is -0.454 e. The highest BCUT2D eigenvalue weighted by Crippen LogP contribution is 2.36. The zero-order chi connectivity index (χ0) is 19.0. The molecule has 4 rings (SSSR count). The van der Waals surface area contributed by atoms with Crippen LogP contribution in [0.4, 0.5) is 0 Å². The van der Waals surface area contributed by atoms with Crippen molar-refractivity contribution in [3.8, 4) is 0 Å². The van der Waals surface area contributed by atoms with Crippen LogP contribution in [0, 0.1) is 11.8 Å². The Bertz CT molecular complexity index is 895. The van der Waals surface area contributed by atoms with Crippen LogP contribution in [0.2, 0.25) is 0 Å². The van der Waals surface area contributed by atoms with Gasteiger partial charge in [-0.15, -0.1) is 11.3 Å². The number of H-pyrrole nitrogens is 1. The van der Waals surface area contributed by atoms with Gasteiger partial charge in [0, 0.05) is 11.3 Å². The van der Waals surface area contributed by atoms with Gasteiger partial charge in [-0.2, -0.15) is 0 Å². The minimum atomic E-state index is -0.531. The molecular formula is C21H28N2O3S. The molecule has 0 radical (unpaired) electrons. The number of aromatic amines is 1. The number of ether oxygens (including phenoxy) is 1. The summed E-state index contributed by atoms with van der Waals surface area (Å²) in [6, 6.07) is 0. The number of aryl methyl sites for hydroxylation is 1. The normalized spacial score (nSPS) is 21.3. The molecule has 2 aliphatic carbocycles. The highest BCUT2D eigenvalue weighted by Gasteiger charge is 2.24. The van der Waals surface area contributed by atoms with Crippen LogP contribution in [0.5, 0.6) is 0 Å². The maximum absolute atomic E-state index is 12.7. The van der Waals surface area contributed by atoms with Crippen molar-refractivity contribution in [2.75, 3.05) is 0 Å². The van der Waals surface area contributed by atoms with Gasteiger partial charge in [-0.05, 0) is 50.0 Å². The Morgan fingerprint density at radius 2 is 2.11 bits per heavy atom. The van der Waals surface area contributed by atoms with Gasteiger partial charge >= 0.3 is 5.97 Å². The molecule has 0 aliphatic heterocycles. The number of carbonyl (C=O) groups excluding carboxylic acids is 1. The summed E-state index contributed by atoms with van der Waals surface area (Å²) in [5.74, 6) is 1.58. The van der Waals surface area contributed by atoms with E-state index in [4.69, 9.17) is 4.74 Å². The summed E-state index contributed by atoms with van der Waals surface area (Å²) in [6.07, 6.45) is 8.95. The lowest BCUT2D eigenvalue weighted by molar-refractivity contribution is -0.149. The second-order valence-electron chi connectivity index (χ2n) is 8.30. The van der Waals surface area contributed by atoms with Crippen LogP contribution in [0.25, 0.3) is 10.2 Å². The number of rotatable bonds is 5. The standard InChI is InChI=1S/C21H28N2O3S/c1-12-7-9-15-16(11-12)27-21-18(15)20(25)22-19(23-21)13(2)26-17(24)10-8-14-5-3-4-6-14/h12-14H,3-11H2,1-2H3,(H,22,23,25)/t12-,13+/m1/s1. The molecule has 2 aliphatic rings. The van der Waals surface area contributed by atoms with Crippen LogP contribution in [0.1, 0.15) is 81.2 Å². The number of hydrogen-bond donors (Lipinski definition) is 1. The van der Waals surface area contributed by atoms with Gasteiger partial charge in [0.1, 0.15) is 4.83 Å². The molecule has 0 bridgehead atoms. The van der Waals surface area contributed by atoms with E-state index in [-0.39, 0.29) is 11.5 Å². The van der Waals surface area contributed by atoms with Crippen molar-refractivity contribution < 1.29 is 9.53 Å². The van der Waals surface area contributed by atoms with E-state index in [1.807, 2.05) is 0 Å². The predicted octanol–water partition coefficient (Wildman–Crippen LogP) is 4.68. The summed E-state index contributed by atoms with van der Waals surface area (Å²) in [6.45, 7) is 4.04. The SMILES string of the molecule is C[C@@H]1CCc2c(sc3nc([C@H](C)OC(=O)CCC4CCCC4)[nH]c(=O)c23)C1. The van der Waals surface area contributed by atoms with Gasteiger partial charge in [0.2, 0.25) is 0 Å². The Kier molecular flexibility index (Phi) is 5.35. The van der Waals surface area contributed by atoms with Gasteiger partial charge < -0.3 is 9.72 Å². The van der Waals surface area contributed by atoms with Crippen LogP contribution < -0.4 is 5.56 Å². The van der Waals surface area contributed by atoms with Gasteiger partial charge in [-0.3, -0.25) is 9.59 Å². The molecule has 1 N–H and O–H groups in total. The number of esters is 1. The van der Waals surface area contributed by atoms with E-state index in [0.717, 1.165) is 35.9 Å². The van der Waals surface area contributed by atoms with Crippen molar-refractivity contribution in [2.45, 2.75) is 77.7 Å². The average Bonchev–Trinajstić information content (AvgIpc) is 3.26. The van der Waals surface area contributed by atoms with Crippen LogP contribution in [0.15, 0.2) is 4.79 Å². The van der Waals surface area contributed by atoms with E-state index >= 15 is 0 Å². The van der Waals surface area contributed by atoms with E-state index in [1.54, 1.807) is 18.3 Å². The third-order valence-electron chi connectivity index (χ3n) is 6.11. The first-order valence-corrected chi connectivity index (χ1v) is 11.1. The number of hydrogen-bond acceptors (Lipinski definition) is 5. The number of carbonyl (C=O) groups is 1. The molecule has 1 saturated carbocycles. The van der Waals surface area contributed by atoms with Gasteiger partial charge in [0.15, 0.2) is 11.9 Å². The maximum Gasteiger partial charge on any atom is 0.306 e. The lowest BCUT2D eigenvalue weighted by Crippen LogP contribution is -2.18. The van der Waals surface area contributed by atoms with Crippen molar-refractivity contribution in [1.29, 1.82) is 0 Å². The summed E-state index contributed by atoms with van der Waals surface area (Å²) in [7, 11) is 0. The van der Waals surface area contributed by atoms with E-state index in [1.165, 1.54) is 36.1 Å². The summed E-state index contributed by atoms with van der Waals surface area (Å²) in [5.41, 5.74) is 1.07. The topological polar surface area (TPSA) is 72.0 Å². The predicted molar refractivity (Wildman–Crippen MR) is 107 cm³/mol. The Morgan fingerprint density at radius 3 is 2.89 bits per heavy atom. The third kappa shape index (κ3) is 3.96. The number of thiophene rings is 1. The average molecular weight is 389 g/mol. The Hall–Kier alpha value is -1.69. The molecule has 2 heterocycles. The van der Waals surface area contributed by atoms with Crippen LogP contribution in [-0.4, -0.2) is 15.9 Å². The second kappa shape index (κ2) is 7.74. The zero-order valence-electron chi connectivity index (χ0n) is 16.2. The maximum atomic E-state index is 12.7. The van der Waals surface area contributed by atoms with E-state index in [9.17, 15) is 9.59 Å². The molecule has 2 atom stereocenters. The molecule has 0 saturated heterocycles. The Labute approximate surface area is 163 Å². The van der Waals surface area contributed by atoms with Crippen molar-refractivity contribution in [2.24, 2.45) is 11.8 Å². The lowest BCUT2D eigenvalue weighted by Gasteiger charge is -2.17. The molecule has 2 aromatic heterocycles. The monoisotopic (exact) mass is 388 g/mol. The fourth-order valence-electron chi connectivity index (χ4n) is 4.49. The molecule has 27 heavy (non-hydrogen) atoms. The van der Waals surface area contributed by atoms with Crippen molar-refractivity contribution in [1.82, 2.24) is 9.97 Å². The summed E-state index contributed by atoms with van der Waals surface area (Å²) in [4.78, 5) is 34.4. The second-order valence-corrected chi connectivity index (χ2v) is 9.39. The van der Waals surface area contributed by atoms with E-state index in [2.05, 4.69) is 16.9 Å². The molecule has 0 amide bonds. The molecular weight excluding hydrogens is 360 g/mol. The molecule has 146 valence electrons. The van der Waals surface area contributed by atoms with Crippen LogP contribution >= 0.6 is 11.3 Å².